The summed E-state index contributed by atoms with van der Waals surface area (Å²) in [4.78, 5) is 11.4. The van der Waals surface area contributed by atoms with Crippen LogP contribution in [-0.4, -0.2) is 16.1 Å². The van der Waals surface area contributed by atoms with Gasteiger partial charge in [0.05, 0.1) is 0 Å². The summed E-state index contributed by atoms with van der Waals surface area (Å²) >= 11 is 0. The van der Waals surface area contributed by atoms with Gasteiger partial charge in [-0.25, -0.2) is 0 Å². The predicted molar refractivity (Wildman–Crippen MR) is 64.0 cm³/mol. The van der Waals surface area contributed by atoms with Crippen LogP contribution < -0.4 is 5.32 Å². The molecule has 0 aliphatic carbocycles. The Morgan fingerprint density at radius 2 is 2.31 bits per heavy atom. The number of nitrogens with zero attached hydrogens (tertiary/aromatic N) is 1. The highest BCUT2D eigenvalue weighted by Gasteiger charge is 2.17. The molecule has 0 aromatic carbocycles. The zero-order valence-corrected chi connectivity index (χ0v) is 9.92. The first-order valence-corrected chi connectivity index (χ1v) is 5.22. The highest BCUT2D eigenvalue weighted by molar-refractivity contribution is 5.89. The number of H-pyrrole nitrogens is 1. The van der Waals surface area contributed by atoms with Gasteiger partial charge >= 0.3 is 0 Å². The SMILES string of the molecule is C#CCCC(=O)Nc1cc(C(C)(C)C)[nH]n1. The fraction of sp³-hybridized carbons (Fsp3) is 0.500. The highest BCUT2D eigenvalue weighted by Crippen LogP contribution is 2.21. The largest absolute Gasteiger partial charge is 0.309 e. The van der Waals surface area contributed by atoms with E-state index >= 15 is 0 Å². The van der Waals surface area contributed by atoms with E-state index in [0.29, 0.717) is 18.7 Å². The van der Waals surface area contributed by atoms with E-state index in [9.17, 15) is 4.79 Å². The predicted octanol–water partition coefficient (Wildman–Crippen LogP) is 2.06. The molecule has 2 N–H and O–H groups in total. The third kappa shape index (κ3) is 3.43. The van der Waals surface area contributed by atoms with Crippen molar-refractivity contribution in [1.82, 2.24) is 10.2 Å². The number of carbonyl (C=O) groups is 1. The Labute approximate surface area is 95.8 Å². The first kappa shape index (κ1) is 12.3. The molecule has 0 saturated heterocycles. The van der Waals surface area contributed by atoms with Crippen LogP contribution in [0, 0.1) is 12.3 Å². The van der Waals surface area contributed by atoms with Crippen molar-refractivity contribution in [3.05, 3.63) is 11.8 Å². The number of aromatic amines is 1. The lowest BCUT2D eigenvalue weighted by Gasteiger charge is -2.14. The normalized spacial score (nSPS) is 10.9. The molecular formula is C12H17N3O. The Balaban J connectivity index is 2.60. The third-order valence-corrected chi connectivity index (χ3v) is 2.15. The van der Waals surface area contributed by atoms with Crippen molar-refractivity contribution >= 4 is 11.7 Å². The van der Waals surface area contributed by atoms with Gasteiger partial charge in [-0.2, -0.15) is 5.10 Å². The highest BCUT2D eigenvalue weighted by atomic mass is 16.1. The minimum absolute atomic E-state index is 0.00517. The molecule has 0 unspecified atom stereocenters. The molecule has 0 radical (unpaired) electrons. The molecule has 0 aliphatic heterocycles. The summed E-state index contributed by atoms with van der Waals surface area (Å²) in [6.07, 6.45) is 5.85. The van der Waals surface area contributed by atoms with E-state index in [4.69, 9.17) is 6.42 Å². The quantitative estimate of drug-likeness (QED) is 0.764. The Kier molecular flexibility index (Phi) is 3.73. The van der Waals surface area contributed by atoms with Gasteiger partial charge in [-0.3, -0.25) is 9.89 Å². The van der Waals surface area contributed by atoms with Crippen LogP contribution in [0.2, 0.25) is 0 Å². The Morgan fingerprint density at radius 3 is 2.81 bits per heavy atom. The van der Waals surface area contributed by atoms with Crippen molar-refractivity contribution in [2.45, 2.75) is 39.0 Å². The van der Waals surface area contributed by atoms with Gasteiger partial charge in [-0.05, 0) is 0 Å². The number of hydrogen-bond acceptors (Lipinski definition) is 2. The maximum Gasteiger partial charge on any atom is 0.226 e. The number of terminal acetylenes is 1. The molecule has 0 atom stereocenters. The molecule has 0 spiro atoms. The summed E-state index contributed by atoms with van der Waals surface area (Å²) in [6, 6.07) is 1.84. The Morgan fingerprint density at radius 1 is 1.62 bits per heavy atom. The number of amides is 1. The van der Waals surface area contributed by atoms with Crippen LogP contribution >= 0.6 is 0 Å². The molecule has 0 bridgehead atoms. The molecular weight excluding hydrogens is 202 g/mol. The van der Waals surface area contributed by atoms with Gasteiger partial charge in [-0.1, -0.05) is 20.8 Å². The smallest absolute Gasteiger partial charge is 0.226 e. The standard InChI is InChI=1S/C12H17N3O/c1-5-6-7-11(16)13-10-8-9(14-15-10)12(2,3)4/h1,8H,6-7H2,2-4H3,(H2,13,14,15,16). The van der Waals surface area contributed by atoms with Crippen molar-refractivity contribution in [3.63, 3.8) is 0 Å². The molecule has 1 heterocycles. The fourth-order valence-electron chi connectivity index (χ4n) is 1.16. The summed E-state index contributed by atoms with van der Waals surface area (Å²) in [6.45, 7) is 6.22. The van der Waals surface area contributed by atoms with Gasteiger partial charge in [0.25, 0.3) is 0 Å². The zero-order chi connectivity index (χ0) is 12.2. The van der Waals surface area contributed by atoms with Crippen LogP contribution in [-0.2, 0) is 10.2 Å². The number of rotatable bonds is 3. The lowest BCUT2D eigenvalue weighted by atomic mass is 9.92. The average Bonchev–Trinajstić information content (AvgIpc) is 2.62. The Bertz CT molecular complexity index is 407. The first-order chi connectivity index (χ1) is 7.43. The van der Waals surface area contributed by atoms with Crippen LogP contribution in [0.3, 0.4) is 0 Å². The van der Waals surface area contributed by atoms with E-state index in [-0.39, 0.29) is 11.3 Å². The lowest BCUT2D eigenvalue weighted by Crippen LogP contribution is -2.12. The van der Waals surface area contributed by atoms with E-state index in [1.807, 2.05) is 6.07 Å². The number of hydrogen-bond donors (Lipinski definition) is 2. The molecule has 0 saturated carbocycles. The molecule has 86 valence electrons. The van der Waals surface area contributed by atoms with Crippen LogP contribution in [0.15, 0.2) is 6.07 Å². The molecule has 1 amide bonds. The summed E-state index contributed by atoms with van der Waals surface area (Å²) in [7, 11) is 0. The summed E-state index contributed by atoms with van der Waals surface area (Å²) in [5, 5.41) is 9.62. The molecule has 1 aromatic rings. The van der Waals surface area contributed by atoms with Crippen LogP contribution in [0.5, 0.6) is 0 Å². The summed E-state index contributed by atoms with van der Waals surface area (Å²) in [5.74, 6) is 2.87. The fourth-order valence-corrected chi connectivity index (χ4v) is 1.16. The number of anilines is 1. The Hall–Kier alpha value is -1.76. The monoisotopic (exact) mass is 219 g/mol. The zero-order valence-electron chi connectivity index (χ0n) is 9.92. The van der Waals surface area contributed by atoms with Crippen LogP contribution in [0.4, 0.5) is 5.82 Å². The molecule has 4 nitrogen and oxygen atoms in total. The molecule has 0 fully saturated rings. The van der Waals surface area contributed by atoms with Crippen molar-refractivity contribution in [2.24, 2.45) is 0 Å². The van der Waals surface area contributed by atoms with Crippen molar-refractivity contribution in [3.8, 4) is 12.3 Å². The van der Waals surface area contributed by atoms with Crippen molar-refractivity contribution in [2.75, 3.05) is 5.32 Å². The lowest BCUT2D eigenvalue weighted by molar-refractivity contribution is -0.116. The second-order valence-corrected chi connectivity index (χ2v) is 4.67. The number of carbonyl (C=O) groups excluding carboxylic acids is 1. The average molecular weight is 219 g/mol. The van der Waals surface area contributed by atoms with E-state index < -0.39 is 0 Å². The van der Waals surface area contributed by atoms with Gasteiger partial charge in [0.1, 0.15) is 0 Å². The molecule has 4 heteroatoms. The summed E-state index contributed by atoms with van der Waals surface area (Å²) < 4.78 is 0. The maximum absolute atomic E-state index is 11.4. The van der Waals surface area contributed by atoms with Gasteiger partial charge in [0, 0.05) is 30.0 Å². The van der Waals surface area contributed by atoms with Crippen molar-refractivity contribution < 1.29 is 4.79 Å². The molecule has 1 rings (SSSR count). The third-order valence-electron chi connectivity index (χ3n) is 2.15. The second-order valence-electron chi connectivity index (χ2n) is 4.67. The minimum atomic E-state index is -0.107. The van der Waals surface area contributed by atoms with E-state index in [2.05, 4.69) is 42.2 Å². The van der Waals surface area contributed by atoms with Gasteiger partial charge in [-0.15, -0.1) is 12.3 Å². The molecule has 16 heavy (non-hydrogen) atoms. The first-order valence-electron chi connectivity index (χ1n) is 5.22. The minimum Gasteiger partial charge on any atom is -0.309 e. The van der Waals surface area contributed by atoms with Gasteiger partial charge < -0.3 is 5.32 Å². The van der Waals surface area contributed by atoms with Gasteiger partial charge in [0.2, 0.25) is 5.91 Å². The van der Waals surface area contributed by atoms with E-state index in [1.165, 1.54) is 0 Å². The van der Waals surface area contributed by atoms with Crippen LogP contribution in [0.25, 0.3) is 0 Å². The summed E-state index contributed by atoms with van der Waals surface area (Å²) in [5.41, 5.74) is 0.981. The number of nitrogens with one attached hydrogen (secondary N) is 2. The van der Waals surface area contributed by atoms with Gasteiger partial charge in [0.15, 0.2) is 5.82 Å². The van der Waals surface area contributed by atoms with Crippen molar-refractivity contribution in [1.29, 1.82) is 0 Å². The molecule has 1 aromatic heterocycles. The van der Waals surface area contributed by atoms with E-state index in [0.717, 1.165) is 5.69 Å². The topological polar surface area (TPSA) is 57.8 Å². The maximum atomic E-state index is 11.4. The molecule has 0 aliphatic rings. The number of aromatic nitrogens is 2. The van der Waals surface area contributed by atoms with Crippen LogP contribution in [0.1, 0.15) is 39.3 Å². The van der Waals surface area contributed by atoms with E-state index in [1.54, 1.807) is 0 Å². The second kappa shape index (κ2) is 4.84.